The molecule has 5 heteroatoms. The van der Waals surface area contributed by atoms with Crippen LogP contribution in [0.4, 0.5) is 0 Å². The standard InChI is InChI=1S/C14H18N2O2S/c1-4-16-14(13-8-15-9-19-13)10-5-11(17-2)7-12(6-10)18-3/h5-9,14,16H,4H2,1-3H3. The van der Waals surface area contributed by atoms with Gasteiger partial charge in [-0.05, 0) is 24.2 Å². The number of thiazole rings is 1. The molecule has 0 saturated carbocycles. The highest BCUT2D eigenvalue weighted by molar-refractivity contribution is 7.09. The SMILES string of the molecule is CCNC(c1cc(OC)cc(OC)c1)c1cncs1. The maximum atomic E-state index is 5.32. The maximum Gasteiger partial charge on any atom is 0.122 e. The van der Waals surface area contributed by atoms with Gasteiger partial charge in [0.1, 0.15) is 11.5 Å². The molecule has 102 valence electrons. The quantitative estimate of drug-likeness (QED) is 0.882. The fraction of sp³-hybridized carbons (Fsp3) is 0.357. The minimum Gasteiger partial charge on any atom is -0.497 e. The molecule has 0 fully saturated rings. The molecule has 1 aromatic heterocycles. The van der Waals surface area contributed by atoms with E-state index < -0.39 is 0 Å². The summed E-state index contributed by atoms with van der Waals surface area (Å²) in [5, 5.41) is 3.46. The molecule has 0 spiro atoms. The molecule has 1 aromatic carbocycles. The van der Waals surface area contributed by atoms with Gasteiger partial charge in [0.05, 0.1) is 25.8 Å². The van der Waals surface area contributed by atoms with Crippen LogP contribution in [0, 0.1) is 0 Å². The Kier molecular flexibility index (Phi) is 4.76. The summed E-state index contributed by atoms with van der Waals surface area (Å²) in [5.74, 6) is 1.59. The van der Waals surface area contributed by atoms with Gasteiger partial charge in [-0.25, -0.2) is 0 Å². The van der Waals surface area contributed by atoms with E-state index in [4.69, 9.17) is 9.47 Å². The Balaban J connectivity index is 2.41. The Bertz CT molecular complexity index is 492. The fourth-order valence-electron chi connectivity index (χ4n) is 1.95. The van der Waals surface area contributed by atoms with Crippen LogP contribution in [-0.2, 0) is 0 Å². The second-order valence-corrected chi connectivity index (χ2v) is 4.96. The van der Waals surface area contributed by atoms with E-state index in [1.165, 1.54) is 4.88 Å². The van der Waals surface area contributed by atoms with Gasteiger partial charge in [0.15, 0.2) is 0 Å². The van der Waals surface area contributed by atoms with Crippen molar-refractivity contribution in [1.29, 1.82) is 0 Å². The zero-order valence-corrected chi connectivity index (χ0v) is 12.2. The first-order valence-corrected chi connectivity index (χ1v) is 7.01. The third-order valence-corrected chi connectivity index (χ3v) is 3.69. The number of ether oxygens (including phenoxy) is 2. The van der Waals surface area contributed by atoms with Gasteiger partial charge < -0.3 is 14.8 Å². The zero-order chi connectivity index (χ0) is 13.7. The van der Waals surface area contributed by atoms with Crippen molar-refractivity contribution in [3.63, 3.8) is 0 Å². The van der Waals surface area contributed by atoms with Gasteiger partial charge in [0.25, 0.3) is 0 Å². The van der Waals surface area contributed by atoms with Gasteiger partial charge in [-0.2, -0.15) is 0 Å². The van der Waals surface area contributed by atoms with Gasteiger partial charge >= 0.3 is 0 Å². The van der Waals surface area contributed by atoms with E-state index in [-0.39, 0.29) is 6.04 Å². The Morgan fingerprint density at radius 3 is 2.37 bits per heavy atom. The molecular weight excluding hydrogens is 260 g/mol. The minimum absolute atomic E-state index is 0.112. The van der Waals surface area contributed by atoms with Gasteiger partial charge in [0, 0.05) is 17.1 Å². The van der Waals surface area contributed by atoms with Crippen molar-refractivity contribution < 1.29 is 9.47 Å². The summed E-state index contributed by atoms with van der Waals surface area (Å²) in [5.41, 5.74) is 2.96. The van der Waals surface area contributed by atoms with Crippen molar-refractivity contribution in [2.45, 2.75) is 13.0 Å². The zero-order valence-electron chi connectivity index (χ0n) is 11.3. The molecule has 2 rings (SSSR count). The lowest BCUT2D eigenvalue weighted by Gasteiger charge is -2.18. The molecule has 0 saturated heterocycles. The van der Waals surface area contributed by atoms with Gasteiger partial charge in [0.2, 0.25) is 0 Å². The van der Waals surface area contributed by atoms with Crippen LogP contribution in [0.5, 0.6) is 11.5 Å². The predicted octanol–water partition coefficient (Wildman–Crippen LogP) is 2.86. The highest BCUT2D eigenvalue weighted by atomic mass is 32.1. The van der Waals surface area contributed by atoms with Crippen molar-refractivity contribution in [3.8, 4) is 11.5 Å². The van der Waals surface area contributed by atoms with E-state index in [2.05, 4.69) is 17.2 Å². The normalized spacial score (nSPS) is 12.2. The van der Waals surface area contributed by atoms with Crippen LogP contribution in [-0.4, -0.2) is 25.7 Å². The Labute approximate surface area is 117 Å². The topological polar surface area (TPSA) is 43.4 Å². The lowest BCUT2D eigenvalue weighted by molar-refractivity contribution is 0.392. The van der Waals surface area contributed by atoms with Crippen LogP contribution < -0.4 is 14.8 Å². The van der Waals surface area contributed by atoms with Gasteiger partial charge in [-0.15, -0.1) is 11.3 Å². The molecule has 0 aliphatic carbocycles. The first-order valence-electron chi connectivity index (χ1n) is 6.13. The Morgan fingerprint density at radius 1 is 1.21 bits per heavy atom. The van der Waals surface area contributed by atoms with Crippen LogP contribution in [0.3, 0.4) is 0 Å². The van der Waals surface area contributed by atoms with E-state index in [0.717, 1.165) is 23.6 Å². The van der Waals surface area contributed by atoms with Crippen LogP contribution in [0.2, 0.25) is 0 Å². The van der Waals surface area contributed by atoms with Gasteiger partial charge in [-0.3, -0.25) is 4.98 Å². The molecule has 0 aliphatic rings. The summed E-state index contributed by atoms with van der Waals surface area (Å²) in [6.07, 6.45) is 1.89. The lowest BCUT2D eigenvalue weighted by atomic mass is 10.0. The summed E-state index contributed by atoms with van der Waals surface area (Å²) >= 11 is 1.64. The molecule has 0 radical (unpaired) electrons. The Hall–Kier alpha value is -1.59. The van der Waals surface area contributed by atoms with Gasteiger partial charge in [-0.1, -0.05) is 6.92 Å². The van der Waals surface area contributed by atoms with Crippen LogP contribution in [0.15, 0.2) is 29.9 Å². The largest absolute Gasteiger partial charge is 0.497 e. The average Bonchev–Trinajstić information content (AvgIpc) is 2.97. The summed E-state index contributed by atoms with van der Waals surface area (Å²) in [6.45, 7) is 2.97. The molecule has 1 N–H and O–H groups in total. The molecule has 1 heterocycles. The molecule has 2 aromatic rings. The smallest absolute Gasteiger partial charge is 0.122 e. The van der Waals surface area contributed by atoms with E-state index in [0.29, 0.717) is 0 Å². The fourth-order valence-corrected chi connectivity index (χ4v) is 2.67. The first kappa shape index (κ1) is 13.8. The minimum atomic E-state index is 0.112. The van der Waals surface area contributed by atoms with E-state index >= 15 is 0 Å². The van der Waals surface area contributed by atoms with Crippen LogP contribution >= 0.6 is 11.3 Å². The van der Waals surface area contributed by atoms with Crippen LogP contribution in [0.1, 0.15) is 23.4 Å². The number of nitrogens with zero attached hydrogens (tertiary/aromatic N) is 1. The second-order valence-electron chi connectivity index (χ2n) is 4.04. The van der Waals surface area contributed by atoms with Crippen LogP contribution in [0.25, 0.3) is 0 Å². The Morgan fingerprint density at radius 2 is 1.89 bits per heavy atom. The summed E-state index contributed by atoms with van der Waals surface area (Å²) < 4.78 is 10.6. The third kappa shape index (κ3) is 3.24. The lowest BCUT2D eigenvalue weighted by Crippen LogP contribution is -2.21. The monoisotopic (exact) mass is 278 g/mol. The third-order valence-electron chi connectivity index (χ3n) is 2.85. The van der Waals surface area contributed by atoms with E-state index in [9.17, 15) is 0 Å². The number of hydrogen-bond donors (Lipinski definition) is 1. The van der Waals surface area contributed by atoms with Crippen molar-refractivity contribution in [2.75, 3.05) is 20.8 Å². The molecule has 0 bridgehead atoms. The molecular formula is C14H18N2O2S. The molecule has 0 aliphatic heterocycles. The maximum absolute atomic E-state index is 5.32. The average molecular weight is 278 g/mol. The number of aromatic nitrogens is 1. The second kappa shape index (κ2) is 6.54. The van der Waals surface area contributed by atoms with Crippen molar-refractivity contribution >= 4 is 11.3 Å². The van der Waals surface area contributed by atoms with E-state index in [1.807, 2.05) is 29.9 Å². The predicted molar refractivity (Wildman–Crippen MR) is 77.2 cm³/mol. The summed E-state index contributed by atoms with van der Waals surface area (Å²) in [4.78, 5) is 5.33. The molecule has 1 atom stereocenters. The van der Waals surface area contributed by atoms with Crippen molar-refractivity contribution in [2.24, 2.45) is 0 Å². The van der Waals surface area contributed by atoms with Crippen molar-refractivity contribution in [3.05, 3.63) is 40.3 Å². The highest BCUT2D eigenvalue weighted by Gasteiger charge is 2.16. The molecule has 19 heavy (non-hydrogen) atoms. The highest BCUT2D eigenvalue weighted by Crippen LogP contribution is 2.31. The number of methoxy groups -OCH3 is 2. The molecule has 0 amide bonds. The summed E-state index contributed by atoms with van der Waals surface area (Å²) in [7, 11) is 3.32. The van der Waals surface area contributed by atoms with E-state index in [1.54, 1.807) is 25.6 Å². The number of rotatable bonds is 6. The first-order chi connectivity index (χ1) is 9.28. The molecule has 1 unspecified atom stereocenters. The summed E-state index contributed by atoms with van der Waals surface area (Å²) in [6, 6.07) is 6.03. The number of hydrogen-bond acceptors (Lipinski definition) is 5. The molecule has 4 nitrogen and oxygen atoms in total. The van der Waals surface area contributed by atoms with Crippen molar-refractivity contribution in [1.82, 2.24) is 10.3 Å². The number of nitrogens with one attached hydrogen (secondary N) is 1. The number of benzene rings is 1.